The number of nitrogens with one attached hydrogen (secondary N) is 1. The molecule has 0 bridgehead atoms. The largest absolute Gasteiger partial charge is 0.457 e. The van der Waals surface area contributed by atoms with Crippen molar-refractivity contribution in [3.05, 3.63) is 66.3 Å². The molecule has 2 amide bonds. The minimum absolute atomic E-state index is 0.0167. The Kier molecular flexibility index (Phi) is 6.51. The van der Waals surface area contributed by atoms with E-state index in [0.29, 0.717) is 29.8 Å². The van der Waals surface area contributed by atoms with Crippen molar-refractivity contribution in [1.82, 2.24) is 15.5 Å². The Morgan fingerprint density at radius 3 is 2.65 bits per heavy atom. The lowest BCUT2D eigenvalue weighted by molar-refractivity contribution is -0.119. The lowest BCUT2D eigenvalue weighted by Crippen LogP contribution is -2.38. The molecule has 0 spiro atoms. The maximum Gasteiger partial charge on any atom is 0.230 e. The number of rotatable bonds is 8. The molecule has 2 aromatic carbocycles. The highest BCUT2D eigenvalue weighted by molar-refractivity contribution is 7.99. The van der Waals surface area contributed by atoms with Crippen molar-refractivity contribution in [2.45, 2.75) is 25.1 Å². The Balaban J connectivity index is 1.26. The molecule has 31 heavy (non-hydrogen) atoms. The summed E-state index contributed by atoms with van der Waals surface area (Å²) in [7, 11) is 0. The average Bonchev–Trinajstić information content (AvgIpc) is 3.34. The number of para-hydroxylation sites is 1. The van der Waals surface area contributed by atoms with E-state index in [9.17, 15) is 9.59 Å². The summed E-state index contributed by atoms with van der Waals surface area (Å²) in [6.07, 6.45) is 0.280. The summed E-state index contributed by atoms with van der Waals surface area (Å²) in [5.41, 5.74) is 0.781. The Morgan fingerprint density at radius 2 is 1.94 bits per heavy atom. The SMILES string of the molecule is Cc1nc(CSCC(=O)NC2CC(=O)N(c3ccc(Oc4ccccc4)cc3)C2)no1. The number of amides is 2. The van der Waals surface area contributed by atoms with Crippen molar-refractivity contribution in [3.63, 3.8) is 0 Å². The normalized spacial score (nSPS) is 15.8. The highest BCUT2D eigenvalue weighted by Crippen LogP contribution is 2.27. The van der Waals surface area contributed by atoms with Crippen LogP contribution in [0.4, 0.5) is 5.69 Å². The Labute approximate surface area is 184 Å². The fourth-order valence-corrected chi connectivity index (χ4v) is 3.95. The van der Waals surface area contributed by atoms with E-state index in [1.807, 2.05) is 54.6 Å². The first-order chi connectivity index (χ1) is 15.1. The molecule has 1 saturated heterocycles. The second-order valence-electron chi connectivity index (χ2n) is 7.10. The first-order valence-electron chi connectivity index (χ1n) is 9.86. The van der Waals surface area contributed by atoms with Gasteiger partial charge < -0.3 is 19.5 Å². The van der Waals surface area contributed by atoms with Crippen LogP contribution in [0.5, 0.6) is 11.5 Å². The number of carbonyl (C=O) groups excluding carboxylic acids is 2. The molecule has 1 atom stereocenters. The monoisotopic (exact) mass is 438 g/mol. The van der Waals surface area contributed by atoms with Gasteiger partial charge in [0.1, 0.15) is 11.5 Å². The van der Waals surface area contributed by atoms with E-state index < -0.39 is 0 Å². The van der Waals surface area contributed by atoms with Crippen molar-refractivity contribution >= 4 is 29.3 Å². The van der Waals surface area contributed by atoms with E-state index in [-0.39, 0.29) is 30.0 Å². The topological polar surface area (TPSA) is 97.6 Å². The number of ether oxygens (including phenoxy) is 1. The van der Waals surface area contributed by atoms with Crippen molar-refractivity contribution in [3.8, 4) is 11.5 Å². The molecule has 0 radical (unpaired) electrons. The standard InChI is InChI=1S/C22H22N4O4S/c1-15-23-20(25-30-15)13-31-14-21(27)24-16-11-22(28)26(12-16)17-7-9-19(10-8-17)29-18-5-3-2-4-6-18/h2-10,16H,11-14H2,1H3,(H,24,27). The molecule has 1 aliphatic heterocycles. The highest BCUT2D eigenvalue weighted by atomic mass is 32.2. The van der Waals surface area contributed by atoms with Crippen LogP contribution in [0.15, 0.2) is 59.1 Å². The van der Waals surface area contributed by atoms with Gasteiger partial charge in [-0.1, -0.05) is 23.4 Å². The summed E-state index contributed by atoms with van der Waals surface area (Å²) in [5.74, 6) is 3.15. The molecule has 1 N–H and O–H groups in total. The van der Waals surface area contributed by atoms with Gasteiger partial charge in [-0.2, -0.15) is 4.98 Å². The van der Waals surface area contributed by atoms with E-state index in [1.54, 1.807) is 11.8 Å². The smallest absolute Gasteiger partial charge is 0.230 e. The van der Waals surface area contributed by atoms with E-state index in [1.165, 1.54) is 11.8 Å². The second-order valence-corrected chi connectivity index (χ2v) is 8.09. The Morgan fingerprint density at radius 1 is 1.19 bits per heavy atom. The summed E-state index contributed by atoms with van der Waals surface area (Å²) < 4.78 is 10.7. The van der Waals surface area contributed by atoms with E-state index in [4.69, 9.17) is 9.26 Å². The van der Waals surface area contributed by atoms with E-state index in [0.717, 1.165) is 11.4 Å². The van der Waals surface area contributed by atoms with Crippen molar-refractivity contribution in [2.75, 3.05) is 17.2 Å². The first kappa shape index (κ1) is 20.9. The molecule has 9 heteroatoms. The van der Waals surface area contributed by atoms with E-state index in [2.05, 4.69) is 15.5 Å². The summed E-state index contributed by atoms with van der Waals surface area (Å²) in [6, 6.07) is 16.7. The predicted molar refractivity (Wildman–Crippen MR) is 117 cm³/mol. The summed E-state index contributed by atoms with van der Waals surface area (Å²) in [4.78, 5) is 30.5. The molecule has 1 aromatic heterocycles. The van der Waals surface area contributed by atoms with Crippen molar-refractivity contribution in [1.29, 1.82) is 0 Å². The van der Waals surface area contributed by atoms with Gasteiger partial charge in [0, 0.05) is 25.6 Å². The van der Waals surface area contributed by atoms with Crippen LogP contribution in [0, 0.1) is 6.92 Å². The lowest BCUT2D eigenvalue weighted by atomic mass is 10.2. The van der Waals surface area contributed by atoms with Gasteiger partial charge in [0.15, 0.2) is 5.82 Å². The third-order valence-electron chi connectivity index (χ3n) is 4.65. The van der Waals surface area contributed by atoms with Gasteiger partial charge in [-0.05, 0) is 36.4 Å². The van der Waals surface area contributed by atoms with Crippen LogP contribution >= 0.6 is 11.8 Å². The zero-order valence-electron chi connectivity index (χ0n) is 17.0. The average molecular weight is 439 g/mol. The minimum atomic E-state index is -0.215. The number of aromatic nitrogens is 2. The van der Waals surface area contributed by atoms with Crippen LogP contribution in [-0.2, 0) is 15.3 Å². The molecule has 2 heterocycles. The molecule has 1 fully saturated rings. The minimum Gasteiger partial charge on any atom is -0.457 e. The zero-order valence-corrected chi connectivity index (χ0v) is 17.8. The van der Waals surface area contributed by atoms with Crippen LogP contribution < -0.4 is 15.0 Å². The molecule has 8 nitrogen and oxygen atoms in total. The number of thioether (sulfide) groups is 1. The molecule has 0 saturated carbocycles. The van der Waals surface area contributed by atoms with Gasteiger partial charge in [-0.25, -0.2) is 0 Å². The van der Waals surface area contributed by atoms with Crippen molar-refractivity contribution in [2.24, 2.45) is 0 Å². The second kappa shape index (κ2) is 9.65. The Bertz CT molecular complexity index is 1040. The van der Waals surface area contributed by atoms with Gasteiger partial charge in [0.25, 0.3) is 0 Å². The highest BCUT2D eigenvalue weighted by Gasteiger charge is 2.31. The van der Waals surface area contributed by atoms with Gasteiger partial charge in [0.05, 0.1) is 17.5 Å². The first-order valence-corrected chi connectivity index (χ1v) is 11.0. The Hall–Kier alpha value is -3.33. The molecule has 0 aliphatic carbocycles. The van der Waals surface area contributed by atoms with E-state index >= 15 is 0 Å². The summed E-state index contributed by atoms with van der Waals surface area (Å²) >= 11 is 1.40. The van der Waals surface area contributed by atoms with Gasteiger partial charge in [-0.3, -0.25) is 9.59 Å². The third-order valence-corrected chi connectivity index (χ3v) is 5.58. The maximum atomic E-state index is 12.5. The number of carbonyl (C=O) groups is 2. The molecular formula is C22H22N4O4S. The molecule has 3 aromatic rings. The third kappa shape index (κ3) is 5.64. The number of nitrogens with zero attached hydrogens (tertiary/aromatic N) is 3. The fraction of sp³-hybridized carbons (Fsp3) is 0.273. The van der Waals surface area contributed by atoms with Gasteiger partial charge in [-0.15, -0.1) is 11.8 Å². The number of anilines is 1. The quantitative estimate of drug-likeness (QED) is 0.576. The molecular weight excluding hydrogens is 416 g/mol. The lowest BCUT2D eigenvalue weighted by Gasteiger charge is -2.17. The summed E-state index contributed by atoms with van der Waals surface area (Å²) in [6.45, 7) is 2.17. The number of aryl methyl sites for hydroxylation is 1. The zero-order chi connectivity index (χ0) is 21.6. The van der Waals surface area contributed by atoms with Crippen molar-refractivity contribution < 1.29 is 18.8 Å². The van der Waals surface area contributed by atoms with Gasteiger partial charge >= 0.3 is 0 Å². The predicted octanol–water partition coefficient (Wildman–Crippen LogP) is 3.33. The van der Waals surface area contributed by atoms with Gasteiger partial charge in [0.2, 0.25) is 17.7 Å². The van der Waals surface area contributed by atoms with Crippen LogP contribution in [0.1, 0.15) is 18.1 Å². The van der Waals surface area contributed by atoms with Crippen LogP contribution in [0.3, 0.4) is 0 Å². The molecule has 1 unspecified atom stereocenters. The molecule has 4 rings (SSSR count). The number of benzene rings is 2. The number of hydrogen-bond acceptors (Lipinski definition) is 7. The van der Waals surface area contributed by atoms with Crippen LogP contribution in [-0.4, -0.2) is 40.3 Å². The molecule has 160 valence electrons. The number of hydrogen-bond donors (Lipinski definition) is 1. The summed E-state index contributed by atoms with van der Waals surface area (Å²) in [5, 5.41) is 6.73. The van der Waals surface area contributed by atoms with Crippen LogP contribution in [0.2, 0.25) is 0 Å². The maximum absolute atomic E-state index is 12.5. The van der Waals surface area contributed by atoms with Crippen LogP contribution in [0.25, 0.3) is 0 Å². The fourth-order valence-electron chi connectivity index (χ4n) is 3.28. The molecule has 1 aliphatic rings.